The van der Waals surface area contributed by atoms with E-state index in [1.54, 1.807) is 0 Å². The van der Waals surface area contributed by atoms with Crippen LogP contribution in [-0.2, 0) is 4.74 Å². The van der Waals surface area contributed by atoms with E-state index in [2.05, 4.69) is 6.58 Å². The summed E-state index contributed by atoms with van der Waals surface area (Å²) in [5, 5.41) is 0. The summed E-state index contributed by atoms with van der Waals surface area (Å²) in [5.74, 6) is 0.864. The lowest BCUT2D eigenvalue weighted by Gasteiger charge is -2.00. The Hall–Kier alpha value is -0.370. The summed E-state index contributed by atoms with van der Waals surface area (Å²) in [6, 6.07) is 0. The Balaban J connectivity index is 2.82. The molecule has 0 saturated heterocycles. The molecule has 0 fully saturated rings. The molecule has 2 N–H and O–H groups in total. The van der Waals surface area contributed by atoms with Gasteiger partial charge in [0.25, 0.3) is 0 Å². The minimum Gasteiger partial charge on any atom is -0.480 e. The van der Waals surface area contributed by atoms with Crippen LogP contribution in [0.25, 0.3) is 0 Å². The van der Waals surface area contributed by atoms with Gasteiger partial charge in [-0.3, -0.25) is 0 Å². The third-order valence-electron chi connectivity index (χ3n) is 0.565. The van der Waals surface area contributed by atoms with Crippen LogP contribution in [0.2, 0.25) is 0 Å². The van der Waals surface area contributed by atoms with Crippen molar-refractivity contribution in [3.63, 3.8) is 0 Å². The topological polar surface area (TPSA) is 35.2 Å². The number of rotatable bonds is 4. The number of hydrogen-bond donors (Lipinski definition) is 1. The molecule has 0 amide bonds. The van der Waals surface area contributed by atoms with Crippen LogP contribution in [0.1, 0.15) is 6.42 Å². The largest absolute Gasteiger partial charge is 0.480 e. The van der Waals surface area contributed by atoms with Gasteiger partial charge >= 0.3 is 0 Å². The summed E-state index contributed by atoms with van der Waals surface area (Å²) >= 11 is 5.33. The minimum atomic E-state index is 0.259. The van der Waals surface area contributed by atoms with Gasteiger partial charge in [-0.25, -0.2) is 0 Å². The Morgan fingerprint density at radius 3 is 2.75 bits per heavy atom. The number of hydrogen-bond acceptors (Lipinski definition) is 2. The molecule has 0 bridgehead atoms. The lowest BCUT2D eigenvalue weighted by molar-refractivity contribution is 0.212. The van der Waals surface area contributed by atoms with Gasteiger partial charge in [0.2, 0.25) is 0 Å². The van der Waals surface area contributed by atoms with Crippen molar-refractivity contribution in [2.45, 2.75) is 6.42 Å². The second-order valence-electron chi connectivity index (χ2n) is 1.36. The molecular formula is C5H10ClNO. The van der Waals surface area contributed by atoms with Crippen molar-refractivity contribution in [2.24, 2.45) is 5.73 Å². The van der Waals surface area contributed by atoms with Crippen molar-refractivity contribution in [1.82, 2.24) is 0 Å². The molecule has 0 heterocycles. The van der Waals surface area contributed by atoms with Crippen LogP contribution < -0.4 is 5.73 Å². The first-order chi connectivity index (χ1) is 3.77. The highest BCUT2D eigenvalue weighted by Gasteiger charge is 1.84. The van der Waals surface area contributed by atoms with E-state index in [4.69, 9.17) is 22.1 Å². The van der Waals surface area contributed by atoms with Gasteiger partial charge in [0.15, 0.2) is 5.88 Å². The van der Waals surface area contributed by atoms with Gasteiger partial charge in [-0.15, -0.1) is 11.6 Å². The lowest BCUT2D eigenvalue weighted by atomic mass is 10.5. The van der Waals surface area contributed by atoms with Gasteiger partial charge in [0.05, 0.1) is 6.61 Å². The van der Waals surface area contributed by atoms with Crippen molar-refractivity contribution in [1.29, 1.82) is 0 Å². The predicted octanol–water partition coefficient (Wildman–Crippen LogP) is 1.06. The number of alkyl halides is 1. The Labute approximate surface area is 54.3 Å². The fourth-order valence-corrected chi connectivity index (χ4v) is 0.367. The predicted molar refractivity (Wildman–Crippen MR) is 34.6 cm³/mol. The van der Waals surface area contributed by atoms with Gasteiger partial charge in [-0.05, 0) is 13.0 Å². The maximum Gasteiger partial charge on any atom is 0.176 e. The standard InChI is InChI=1S/C5H10ClNO/c1-5(7)8-4-2-3-6/h1-4,7H2. The van der Waals surface area contributed by atoms with Crippen molar-refractivity contribution in [2.75, 3.05) is 12.5 Å². The van der Waals surface area contributed by atoms with E-state index < -0.39 is 0 Å². The average molecular weight is 136 g/mol. The zero-order chi connectivity index (χ0) is 6.41. The van der Waals surface area contributed by atoms with Gasteiger partial charge in [0, 0.05) is 5.88 Å². The molecule has 0 spiro atoms. The van der Waals surface area contributed by atoms with Gasteiger partial charge in [-0.2, -0.15) is 0 Å². The fourth-order valence-electron chi connectivity index (χ4n) is 0.258. The van der Waals surface area contributed by atoms with E-state index in [1.165, 1.54) is 0 Å². The second kappa shape index (κ2) is 4.78. The molecule has 2 nitrogen and oxygen atoms in total. The molecule has 8 heavy (non-hydrogen) atoms. The van der Waals surface area contributed by atoms with Crippen LogP contribution in [0.3, 0.4) is 0 Å². The number of ether oxygens (including phenoxy) is 1. The lowest BCUT2D eigenvalue weighted by Crippen LogP contribution is -2.02. The molecule has 0 aliphatic carbocycles. The van der Waals surface area contributed by atoms with Crippen LogP contribution in [0, 0.1) is 0 Å². The second-order valence-corrected chi connectivity index (χ2v) is 1.74. The monoisotopic (exact) mass is 135 g/mol. The van der Waals surface area contributed by atoms with Crippen molar-refractivity contribution < 1.29 is 4.74 Å². The summed E-state index contributed by atoms with van der Waals surface area (Å²) in [5.41, 5.74) is 5.07. The normalized spacial score (nSPS) is 8.62. The van der Waals surface area contributed by atoms with Gasteiger partial charge in [-0.1, -0.05) is 0 Å². The summed E-state index contributed by atoms with van der Waals surface area (Å²) in [7, 11) is 0. The minimum absolute atomic E-state index is 0.259. The molecule has 0 rings (SSSR count). The van der Waals surface area contributed by atoms with E-state index in [1.807, 2.05) is 0 Å². The summed E-state index contributed by atoms with van der Waals surface area (Å²) in [6.07, 6.45) is 0.817. The Kier molecular flexibility index (Phi) is 4.56. The quantitative estimate of drug-likeness (QED) is 0.356. The van der Waals surface area contributed by atoms with E-state index in [0.29, 0.717) is 12.5 Å². The molecular weight excluding hydrogens is 126 g/mol. The van der Waals surface area contributed by atoms with E-state index in [9.17, 15) is 0 Å². The zero-order valence-corrected chi connectivity index (χ0v) is 5.45. The number of halogens is 1. The first-order valence-electron chi connectivity index (χ1n) is 2.40. The Morgan fingerprint density at radius 1 is 1.75 bits per heavy atom. The molecule has 0 aliphatic rings. The zero-order valence-electron chi connectivity index (χ0n) is 4.69. The molecule has 0 aliphatic heterocycles. The van der Waals surface area contributed by atoms with Crippen LogP contribution in [-0.4, -0.2) is 12.5 Å². The van der Waals surface area contributed by atoms with E-state index in [-0.39, 0.29) is 5.88 Å². The Morgan fingerprint density at radius 2 is 2.38 bits per heavy atom. The molecule has 0 radical (unpaired) electrons. The summed E-state index contributed by atoms with van der Waals surface area (Å²) < 4.78 is 4.78. The highest BCUT2D eigenvalue weighted by atomic mass is 35.5. The van der Waals surface area contributed by atoms with E-state index in [0.717, 1.165) is 6.42 Å². The van der Waals surface area contributed by atoms with Crippen LogP contribution in [0.4, 0.5) is 0 Å². The Bertz CT molecular complexity index is 74.8. The summed E-state index contributed by atoms with van der Waals surface area (Å²) in [6.45, 7) is 3.91. The molecule has 0 aromatic carbocycles. The molecule has 3 heteroatoms. The molecule has 0 aromatic rings. The molecule has 48 valence electrons. The molecule has 0 aromatic heterocycles. The van der Waals surface area contributed by atoms with Crippen LogP contribution in [0.15, 0.2) is 12.5 Å². The molecule has 0 atom stereocenters. The van der Waals surface area contributed by atoms with Crippen LogP contribution >= 0.6 is 11.6 Å². The van der Waals surface area contributed by atoms with Crippen molar-refractivity contribution >= 4 is 11.6 Å². The van der Waals surface area contributed by atoms with Crippen LogP contribution in [0.5, 0.6) is 0 Å². The number of nitrogens with two attached hydrogens (primary N) is 1. The maximum absolute atomic E-state index is 5.33. The van der Waals surface area contributed by atoms with Crippen molar-refractivity contribution in [3.8, 4) is 0 Å². The molecule has 0 saturated carbocycles. The van der Waals surface area contributed by atoms with Gasteiger partial charge in [0.1, 0.15) is 0 Å². The van der Waals surface area contributed by atoms with E-state index >= 15 is 0 Å². The first kappa shape index (κ1) is 7.63. The maximum atomic E-state index is 5.33. The third-order valence-corrected chi connectivity index (χ3v) is 0.833. The first-order valence-corrected chi connectivity index (χ1v) is 2.94. The average Bonchev–Trinajstić information content (AvgIpc) is 1.66. The molecule has 0 unspecified atom stereocenters. The smallest absolute Gasteiger partial charge is 0.176 e. The van der Waals surface area contributed by atoms with Crippen molar-refractivity contribution in [3.05, 3.63) is 12.5 Å². The highest BCUT2D eigenvalue weighted by Crippen LogP contribution is 1.88. The van der Waals surface area contributed by atoms with Gasteiger partial charge < -0.3 is 10.5 Å². The summed E-state index contributed by atoms with van der Waals surface area (Å²) in [4.78, 5) is 0. The fraction of sp³-hybridized carbons (Fsp3) is 0.600. The highest BCUT2D eigenvalue weighted by molar-refractivity contribution is 6.17. The SMILES string of the molecule is C=C(N)OCCCCl. The third kappa shape index (κ3) is 5.63.